The maximum absolute atomic E-state index is 11.7. The van der Waals surface area contributed by atoms with Crippen LogP contribution in [-0.2, 0) is 10.0 Å². The molecule has 0 bridgehead atoms. The second-order valence-corrected chi connectivity index (χ2v) is 8.78. The van der Waals surface area contributed by atoms with E-state index >= 15 is 0 Å². The molecule has 0 spiro atoms. The summed E-state index contributed by atoms with van der Waals surface area (Å²) in [6, 6.07) is 11.6. The highest BCUT2D eigenvalue weighted by Crippen LogP contribution is 2.28. The predicted octanol–water partition coefficient (Wildman–Crippen LogP) is 1.40. The first-order valence-corrected chi connectivity index (χ1v) is 10.2. The maximum atomic E-state index is 11.7. The van der Waals surface area contributed by atoms with Gasteiger partial charge in [0.25, 0.3) is 0 Å². The van der Waals surface area contributed by atoms with Gasteiger partial charge in [-0.3, -0.25) is 9.80 Å². The molecular weight excluding hydrogens is 310 g/mol. The number of hydrogen-bond acceptors (Lipinski definition) is 4. The van der Waals surface area contributed by atoms with Gasteiger partial charge in [-0.1, -0.05) is 30.3 Å². The molecule has 2 fully saturated rings. The molecular formula is C17H27N3O2S. The van der Waals surface area contributed by atoms with Gasteiger partial charge in [-0.25, -0.2) is 12.7 Å². The summed E-state index contributed by atoms with van der Waals surface area (Å²) in [4.78, 5) is 4.99. The van der Waals surface area contributed by atoms with E-state index in [0.717, 1.165) is 32.5 Å². The van der Waals surface area contributed by atoms with Crippen molar-refractivity contribution in [3.8, 4) is 0 Å². The first-order chi connectivity index (χ1) is 10.9. The van der Waals surface area contributed by atoms with Crippen LogP contribution in [0.2, 0.25) is 0 Å². The van der Waals surface area contributed by atoms with Gasteiger partial charge >= 0.3 is 0 Å². The van der Waals surface area contributed by atoms with E-state index in [2.05, 4.69) is 47.2 Å². The van der Waals surface area contributed by atoms with Crippen LogP contribution in [0.25, 0.3) is 0 Å². The zero-order valence-corrected chi connectivity index (χ0v) is 14.9. The molecule has 128 valence electrons. The summed E-state index contributed by atoms with van der Waals surface area (Å²) in [5, 5.41) is 0. The Morgan fingerprint density at radius 2 is 1.65 bits per heavy atom. The van der Waals surface area contributed by atoms with Gasteiger partial charge in [-0.15, -0.1) is 0 Å². The van der Waals surface area contributed by atoms with E-state index in [1.165, 1.54) is 11.8 Å². The molecule has 6 heteroatoms. The Bertz CT molecular complexity index is 612. The SMILES string of the molecule is CN1CCN(C2CCN(S(C)(=O)=O)CC2)CC1c1ccccc1. The Hall–Kier alpha value is -0.950. The summed E-state index contributed by atoms with van der Waals surface area (Å²) in [6.07, 6.45) is 3.20. The van der Waals surface area contributed by atoms with Crippen LogP contribution in [0, 0.1) is 0 Å². The summed E-state index contributed by atoms with van der Waals surface area (Å²) >= 11 is 0. The van der Waals surface area contributed by atoms with Gasteiger partial charge in [0.05, 0.1) is 6.26 Å². The van der Waals surface area contributed by atoms with E-state index in [1.54, 1.807) is 4.31 Å². The van der Waals surface area contributed by atoms with Crippen molar-refractivity contribution in [2.75, 3.05) is 46.0 Å². The minimum Gasteiger partial charge on any atom is -0.297 e. The molecule has 1 unspecified atom stereocenters. The van der Waals surface area contributed by atoms with Gasteiger partial charge in [0.2, 0.25) is 10.0 Å². The van der Waals surface area contributed by atoms with Crippen molar-refractivity contribution >= 4 is 10.0 Å². The topological polar surface area (TPSA) is 43.9 Å². The molecule has 1 aromatic rings. The van der Waals surface area contributed by atoms with Crippen molar-refractivity contribution in [3.63, 3.8) is 0 Å². The second-order valence-electron chi connectivity index (χ2n) is 6.80. The average Bonchev–Trinajstić information content (AvgIpc) is 2.55. The van der Waals surface area contributed by atoms with Crippen LogP contribution in [0.5, 0.6) is 0 Å². The number of piperazine rings is 1. The molecule has 0 amide bonds. The predicted molar refractivity (Wildman–Crippen MR) is 92.8 cm³/mol. The Labute approximate surface area is 139 Å². The molecule has 0 aromatic heterocycles. The Kier molecular flexibility index (Phi) is 5.06. The third kappa shape index (κ3) is 3.94. The van der Waals surface area contributed by atoms with Crippen LogP contribution in [0.15, 0.2) is 30.3 Å². The van der Waals surface area contributed by atoms with Gasteiger partial charge in [-0.05, 0) is 25.5 Å². The minimum absolute atomic E-state index is 0.429. The zero-order chi connectivity index (χ0) is 16.4. The smallest absolute Gasteiger partial charge is 0.211 e. The molecule has 1 aromatic carbocycles. The highest BCUT2D eigenvalue weighted by Gasteiger charge is 2.33. The minimum atomic E-state index is -3.04. The van der Waals surface area contributed by atoms with Crippen LogP contribution in [0.4, 0.5) is 0 Å². The van der Waals surface area contributed by atoms with Gasteiger partial charge in [-0.2, -0.15) is 0 Å². The summed E-state index contributed by atoms with van der Waals surface area (Å²) in [5.74, 6) is 0. The summed E-state index contributed by atoms with van der Waals surface area (Å²) in [7, 11) is -0.840. The van der Waals surface area contributed by atoms with Crippen molar-refractivity contribution in [2.24, 2.45) is 0 Å². The third-order valence-corrected chi connectivity index (χ3v) is 6.58. The van der Waals surface area contributed by atoms with Crippen LogP contribution in [0.3, 0.4) is 0 Å². The van der Waals surface area contributed by atoms with Gasteiger partial charge in [0.1, 0.15) is 0 Å². The second kappa shape index (κ2) is 6.89. The Morgan fingerprint density at radius 3 is 2.26 bits per heavy atom. The molecule has 0 radical (unpaired) electrons. The summed E-state index contributed by atoms with van der Waals surface area (Å²) < 4.78 is 24.9. The fraction of sp³-hybridized carbons (Fsp3) is 0.647. The van der Waals surface area contributed by atoms with Crippen molar-refractivity contribution in [3.05, 3.63) is 35.9 Å². The van der Waals surface area contributed by atoms with Crippen LogP contribution in [0.1, 0.15) is 24.4 Å². The highest BCUT2D eigenvalue weighted by atomic mass is 32.2. The number of sulfonamides is 1. The third-order valence-electron chi connectivity index (χ3n) is 5.27. The van der Waals surface area contributed by atoms with E-state index in [-0.39, 0.29) is 0 Å². The van der Waals surface area contributed by atoms with Crippen molar-refractivity contribution < 1.29 is 8.42 Å². The maximum Gasteiger partial charge on any atom is 0.211 e. The van der Waals surface area contributed by atoms with E-state index in [4.69, 9.17) is 0 Å². The first-order valence-electron chi connectivity index (χ1n) is 8.39. The van der Waals surface area contributed by atoms with Crippen LogP contribution < -0.4 is 0 Å². The molecule has 5 nitrogen and oxygen atoms in total. The summed E-state index contributed by atoms with van der Waals surface area (Å²) in [5.41, 5.74) is 1.37. The number of likely N-dealkylation sites (N-methyl/N-ethyl adjacent to an activating group) is 1. The largest absolute Gasteiger partial charge is 0.297 e. The molecule has 1 atom stereocenters. The van der Waals surface area contributed by atoms with Crippen LogP contribution >= 0.6 is 0 Å². The fourth-order valence-corrected chi connectivity index (χ4v) is 4.67. The number of piperidine rings is 1. The number of hydrogen-bond donors (Lipinski definition) is 0. The lowest BCUT2D eigenvalue weighted by Crippen LogP contribution is -2.53. The van der Waals surface area contributed by atoms with Crippen LogP contribution in [-0.4, -0.2) is 74.6 Å². The normalized spacial score (nSPS) is 26.4. The molecule has 2 heterocycles. The first kappa shape index (κ1) is 16.9. The fourth-order valence-electron chi connectivity index (χ4n) is 3.80. The molecule has 0 aliphatic carbocycles. The van der Waals surface area contributed by atoms with E-state index in [9.17, 15) is 8.42 Å². The molecule has 2 aliphatic rings. The molecule has 3 rings (SSSR count). The lowest BCUT2D eigenvalue weighted by molar-refractivity contribution is 0.0458. The van der Waals surface area contributed by atoms with E-state index < -0.39 is 10.0 Å². The quantitative estimate of drug-likeness (QED) is 0.836. The van der Waals surface area contributed by atoms with Crippen molar-refractivity contribution in [2.45, 2.75) is 24.9 Å². The average molecular weight is 337 g/mol. The lowest BCUT2D eigenvalue weighted by atomic mass is 9.98. The highest BCUT2D eigenvalue weighted by molar-refractivity contribution is 7.88. The monoisotopic (exact) mass is 337 g/mol. The molecule has 2 aliphatic heterocycles. The Balaban J connectivity index is 1.64. The number of nitrogens with zero attached hydrogens (tertiary/aromatic N) is 3. The van der Waals surface area contributed by atoms with Gasteiger partial charge < -0.3 is 0 Å². The Morgan fingerprint density at radius 1 is 1.00 bits per heavy atom. The van der Waals surface area contributed by atoms with Crippen molar-refractivity contribution in [1.82, 2.24) is 14.1 Å². The standard InChI is InChI=1S/C17H27N3O2S/c1-18-12-13-19(14-17(18)15-6-4-3-5-7-15)16-8-10-20(11-9-16)23(2,21)22/h3-7,16-17H,8-14H2,1-2H3. The summed E-state index contributed by atoms with van der Waals surface area (Å²) in [6.45, 7) is 4.48. The molecule has 23 heavy (non-hydrogen) atoms. The molecule has 0 N–H and O–H groups in total. The molecule has 2 saturated heterocycles. The van der Waals surface area contributed by atoms with Gasteiger partial charge in [0, 0.05) is 44.8 Å². The lowest BCUT2D eigenvalue weighted by Gasteiger charge is -2.45. The van der Waals surface area contributed by atoms with E-state index in [0.29, 0.717) is 25.2 Å². The zero-order valence-electron chi connectivity index (χ0n) is 14.1. The number of rotatable bonds is 3. The van der Waals surface area contributed by atoms with Crippen molar-refractivity contribution in [1.29, 1.82) is 0 Å². The van der Waals surface area contributed by atoms with Gasteiger partial charge in [0.15, 0.2) is 0 Å². The number of benzene rings is 1. The van der Waals surface area contributed by atoms with E-state index in [1.807, 2.05) is 0 Å². The molecule has 0 saturated carbocycles.